The van der Waals surface area contributed by atoms with E-state index >= 15 is 0 Å². The summed E-state index contributed by atoms with van der Waals surface area (Å²) in [6.45, 7) is 7.53. The Morgan fingerprint density at radius 2 is 2.15 bits per heavy atom. The minimum Gasteiger partial charge on any atom is -0.467 e. The van der Waals surface area contributed by atoms with Crippen LogP contribution in [0.15, 0.2) is 4.52 Å². The number of methoxy groups -OCH3 is 1. The topological polar surface area (TPSA) is 67.6 Å². The lowest BCUT2D eigenvalue weighted by molar-refractivity contribution is 0.0911. The summed E-state index contributed by atoms with van der Waals surface area (Å²) in [6, 6.07) is 0. The Kier molecular flexibility index (Phi) is 5.56. The second-order valence-corrected chi connectivity index (χ2v) is 5.73. The van der Waals surface area contributed by atoms with Gasteiger partial charge in [-0.05, 0) is 32.9 Å². The molecule has 6 heteroatoms. The summed E-state index contributed by atoms with van der Waals surface area (Å²) in [6.07, 6.45) is 0.979. The molecule has 0 aliphatic rings. The van der Waals surface area contributed by atoms with Gasteiger partial charge in [0.2, 0.25) is 0 Å². The lowest BCUT2D eigenvalue weighted by atomic mass is 9.87. The van der Waals surface area contributed by atoms with E-state index in [0.29, 0.717) is 12.1 Å². The number of ether oxygens (including phenoxy) is 1. The van der Waals surface area contributed by atoms with E-state index in [2.05, 4.69) is 29.2 Å². The van der Waals surface area contributed by atoms with Crippen molar-refractivity contribution in [2.75, 3.05) is 34.3 Å². The van der Waals surface area contributed by atoms with Crippen molar-refractivity contribution in [3.8, 4) is 5.95 Å². The molecule has 0 spiro atoms. The van der Waals surface area contributed by atoms with E-state index in [-0.39, 0.29) is 23.0 Å². The normalized spacial score (nSPS) is 14.2. The summed E-state index contributed by atoms with van der Waals surface area (Å²) >= 11 is 0. The van der Waals surface area contributed by atoms with Crippen molar-refractivity contribution in [1.29, 1.82) is 0 Å². The summed E-state index contributed by atoms with van der Waals surface area (Å²) in [7, 11) is 5.55. The molecular weight excluding hydrogens is 258 g/mol. The second-order valence-electron chi connectivity index (χ2n) is 5.73. The highest BCUT2D eigenvalue weighted by atomic mass is 16.6. The fraction of sp³-hybridized carbons (Fsp3) is 0.714. The molecule has 0 aromatic carbocycles. The van der Waals surface area contributed by atoms with E-state index in [0.717, 1.165) is 13.0 Å². The molecule has 1 aromatic rings. The van der Waals surface area contributed by atoms with Crippen LogP contribution in [0.25, 0.3) is 0 Å². The Hall–Kier alpha value is -1.56. The number of carbonyl (C=O) groups is 1. The molecule has 0 radical (unpaired) electrons. The maximum atomic E-state index is 12.1. The molecule has 1 rings (SSSR count). The number of nitrogens with one attached hydrogen (secondary N) is 1. The summed E-state index contributed by atoms with van der Waals surface area (Å²) in [5.41, 5.74) is 0.932. The van der Waals surface area contributed by atoms with Crippen LogP contribution in [0.4, 0.5) is 0 Å². The maximum absolute atomic E-state index is 12.1. The third-order valence-corrected chi connectivity index (χ3v) is 3.51. The molecule has 114 valence electrons. The highest BCUT2D eigenvalue weighted by Gasteiger charge is 2.26. The summed E-state index contributed by atoms with van der Waals surface area (Å²) < 4.78 is 9.93. The van der Waals surface area contributed by atoms with Crippen molar-refractivity contribution >= 4 is 5.91 Å². The third kappa shape index (κ3) is 3.96. The Bertz CT molecular complexity index is 457. The van der Waals surface area contributed by atoms with Gasteiger partial charge in [-0.15, -0.1) is 0 Å². The Morgan fingerprint density at radius 1 is 1.50 bits per heavy atom. The predicted octanol–water partition coefficient (Wildman–Crippen LogP) is 1.70. The van der Waals surface area contributed by atoms with Gasteiger partial charge in [0.25, 0.3) is 5.91 Å². The lowest BCUT2D eigenvalue weighted by Crippen LogP contribution is -2.41. The van der Waals surface area contributed by atoms with E-state index in [1.807, 2.05) is 14.1 Å². The molecule has 0 fully saturated rings. The number of hydrogen-bond acceptors (Lipinski definition) is 5. The van der Waals surface area contributed by atoms with Crippen molar-refractivity contribution < 1.29 is 14.1 Å². The number of nitrogens with zero attached hydrogens (tertiary/aromatic N) is 2. The minimum atomic E-state index is -0.229. The molecule has 6 nitrogen and oxygen atoms in total. The average Bonchev–Trinajstić information content (AvgIpc) is 2.76. The van der Waals surface area contributed by atoms with E-state index in [9.17, 15) is 4.79 Å². The fourth-order valence-electron chi connectivity index (χ4n) is 2.16. The van der Waals surface area contributed by atoms with E-state index < -0.39 is 0 Å². The third-order valence-electron chi connectivity index (χ3n) is 3.51. The van der Waals surface area contributed by atoms with Crippen molar-refractivity contribution in [2.24, 2.45) is 5.41 Å². The second kappa shape index (κ2) is 6.74. The van der Waals surface area contributed by atoms with Crippen molar-refractivity contribution in [3.05, 3.63) is 11.3 Å². The Morgan fingerprint density at radius 3 is 2.60 bits per heavy atom. The Balaban J connectivity index is 2.68. The highest BCUT2D eigenvalue weighted by Crippen LogP contribution is 2.22. The molecule has 1 amide bonds. The summed E-state index contributed by atoms with van der Waals surface area (Å²) in [5.74, 6) is 0.0506. The number of amides is 1. The van der Waals surface area contributed by atoms with Crippen LogP contribution in [0.2, 0.25) is 0 Å². The van der Waals surface area contributed by atoms with Crippen LogP contribution in [0.5, 0.6) is 5.95 Å². The molecule has 1 aromatic heterocycles. The molecule has 0 aliphatic carbocycles. The van der Waals surface area contributed by atoms with Crippen LogP contribution in [-0.2, 0) is 0 Å². The predicted molar refractivity (Wildman–Crippen MR) is 77.1 cm³/mol. The van der Waals surface area contributed by atoms with Crippen LogP contribution >= 0.6 is 0 Å². The van der Waals surface area contributed by atoms with Crippen LogP contribution < -0.4 is 10.1 Å². The molecule has 1 unspecified atom stereocenters. The molecule has 0 saturated carbocycles. The zero-order chi connectivity index (χ0) is 15.3. The van der Waals surface area contributed by atoms with Gasteiger partial charge in [0.05, 0.1) is 12.7 Å². The first-order valence-electron chi connectivity index (χ1n) is 6.76. The highest BCUT2D eigenvalue weighted by molar-refractivity contribution is 5.93. The maximum Gasteiger partial charge on any atom is 0.314 e. The zero-order valence-corrected chi connectivity index (χ0v) is 13.2. The van der Waals surface area contributed by atoms with Crippen LogP contribution in [0.1, 0.15) is 36.3 Å². The van der Waals surface area contributed by atoms with Crippen molar-refractivity contribution in [2.45, 2.75) is 27.2 Å². The van der Waals surface area contributed by atoms with Gasteiger partial charge in [0.1, 0.15) is 0 Å². The number of rotatable bonds is 7. The van der Waals surface area contributed by atoms with Crippen molar-refractivity contribution in [1.82, 2.24) is 15.4 Å². The molecule has 0 bridgehead atoms. The molecular formula is C14H25N3O3. The van der Waals surface area contributed by atoms with Crippen LogP contribution in [0.3, 0.4) is 0 Å². The Labute approximate surface area is 120 Å². The molecule has 0 saturated heterocycles. The van der Waals surface area contributed by atoms with E-state index in [1.54, 1.807) is 6.92 Å². The van der Waals surface area contributed by atoms with Crippen LogP contribution in [-0.4, -0.2) is 50.3 Å². The minimum absolute atomic E-state index is 0.0287. The average molecular weight is 283 g/mol. The number of aromatic nitrogens is 1. The molecule has 20 heavy (non-hydrogen) atoms. The first kappa shape index (κ1) is 16.5. The van der Waals surface area contributed by atoms with Gasteiger partial charge in [-0.3, -0.25) is 4.79 Å². The standard InChI is InChI=1S/C14H25N3O3/c1-7-14(3,9-17(4)5)8-15-12(18)11-10(2)13(19-6)20-16-11/h7-9H2,1-6H3,(H,15,18). The summed E-state index contributed by atoms with van der Waals surface area (Å²) in [5, 5.41) is 6.68. The van der Waals surface area contributed by atoms with E-state index in [4.69, 9.17) is 9.26 Å². The first-order chi connectivity index (χ1) is 9.33. The van der Waals surface area contributed by atoms with Gasteiger partial charge >= 0.3 is 5.95 Å². The molecule has 1 N–H and O–H groups in total. The summed E-state index contributed by atoms with van der Waals surface area (Å²) in [4.78, 5) is 14.3. The van der Waals surface area contributed by atoms with Gasteiger partial charge in [-0.25, -0.2) is 0 Å². The van der Waals surface area contributed by atoms with Gasteiger partial charge in [-0.2, -0.15) is 0 Å². The van der Waals surface area contributed by atoms with Gasteiger partial charge < -0.3 is 19.5 Å². The quantitative estimate of drug-likeness (QED) is 0.825. The van der Waals surface area contributed by atoms with Gasteiger partial charge in [-0.1, -0.05) is 19.0 Å². The number of carbonyl (C=O) groups excluding carboxylic acids is 1. The fourth-order valence-corrected chi connectivity index (χ4v) is 2.16. The SMILES string of the molecule is CCC(C)(CNC(=O)c1noc(OC)c1C)CN(C)C. The van der Waals surface area contributed by atoms with Crippen molar-refractivity contribution in [3.63, 3.8) is 0 Å². The van der Waals surface area contributed by atoms with Crippen LogP contribution in [0, 0.1) is 12.3 Å². The molecule has 0 aliphatic heterocycles. The molecule has 1 heterocycles. The largest absolute Gasteiger partial charge is 0.467 e. The lowest BCUT2D eigenvalue weighted by Gasteiger charge is -2.31. The zero-order valence-electron chi connectivity index (χ0n) is 13.2. The van der Waals surface area contributed by atoms with Gasteiger partial charge in [0.15, 0.2) is 5.69 Å². The monoisotopic (exact) mass is 283 g/mol. The first-order valence-corrected chi connectivity index (χ1v) is 6.76. The smallest absolute Gasteiger partial charge is 0.314 e. The molecule has 1 atom stereocenters. The van der Waals surface area contributed by atoms with Gasteiger partial charge in [0, 0.05) is 13.1 Å². The van der Waals surface area contributed by atoms with E-state index in [1.165, 1.54) is 7.11 Å². The number of hydrogen-bond donors (Lipinski definition) is 1.